The zero-order valence-electron chi connectivity index (χ0n) is 9.10. The summed E-state index contributed by atoms with van der Waals surface area (Å²) in [5.74, 6) is 2.49. The van der Waals surface area contributed by atoms with E-state index in [0.29, 0.717) is 26.3 Å². The molecule has 0 aliphatic carbocycles. The molecule has 1 N–H and O–H groups in total. The first kappa shape index (κ1) is 11.2. The molecule has 0 radical (unpaired) electrons. The van der Waals surface area contributed by atoms with Gasteiger partial charge in [0.1, 0.15) is 0 Å². The average molecular weight is 217 g/mol. The molecule has 0 saturated carbocycles. The van der Waals surface area contributed by atoms with Crippen LogP contribution in [-0.4, -0.2) is 36.3 Å². The second-order valence-electron chi connectivity index (χ2n) is 3.78. The van der Waals surface area contributed by atoms with Crippen molar-refractivity contribution in [2.75, 3.05) is 26.3 Å². The monoisotopic (exact) mass is 217 g/mol. The quantitative estimate of drug-likeness (QED) is 0.744. The van der Waals surface area contributed by atoms with Crippen LogP contribution in [0.25, 0.3) is 0 Å². The highest BCUT2D eigenvalue weighted by atomic mass is 16.5. The molecule has 1 aliphatic rings. The lowest BCUT2D eigenvalue weighted by Crippen LogP contribution is -2.50. The Morgan fingerprint density at radius 1 is 1.25 bits per heavy atom. The summed E-state index contributed by atoms with van der Waals surface area (Å²) in [5.41, 5.74) is -0.579. The highest BCUT2D eigenvalue weighted by Gasteiger charge is 2.35. The van der Waals surface area contributed by atoms with Crippen LogP contribution in [-0.2, 0) is 10.5 Å². The van der Waals surface area contributed by atoms with E-state index in [9.17, 15) is 5.11 Å². The second-order valence-corrected chi connectivity index (χ2v) is 3.78. The third-order valence-electron chi connectivity index (χ3n) is 2.85. The Bertz CT molecular complexity index is 379. The maximum atomic E-state index is 10.6. The summed E-state index contributed by atoms with van der Waals surface area (Å²) in [6.45, 7) is 2.51. The number of aliphatic hydroxyl groups is 1. The van der Waals surface area contributed by atoms with Gasteiger partial charge in [0, 0.05) is 18.7 Å². The fraction of sp³-hybridized carbons (Fsp3) is 0.385. The van der Waals surface area contributed by atoms with Crippen LogP contribution in [0.3, 0.4) is 0 Å². The van der Waals surface area contributed by atoms with E-state index in [1.807, 2.05) is 35.2 Å². The molecule has 3 nitrogen and oxygen atoms in total. The minimum absolute atomic E-state index is 0.608. The van der Waals surface area contributed by atoms with E-state index in [2.05, 4.69) is 5.92 Å². The number of morpholine rings is 1. The summed E-state index contributed by atoms with van der Waals surface area (Å²) in [6, 6.07) is 9.33. The van der Waals surface area contributed by atoms with Crippen molar-refractivity contribution in [2.45, 2.75) is 5.72 Å². The molecule has 0 spiro atoms. The second kappa shape index (κ2) is 4.67. The van der Waals surface area contributed by atoms with E-state index in [1.54, 1.807) is 0 Å². The number of nitrogens with zero attached hydrogens (tertiary/aromatic N) is 1. The predicted molar refractivity (Wildman–Crippen MR) is 61.6 cm³/mol. The molecule has 1 aromatic rings. The van der Waals surface area contributed by atoms with Gasteiger partial charge in [-0.05, 0) is 0 Å². The number of hydrogen-bond acceptors (Lipinski definition) is 3. The Morgan fingerprint density at radius 2 is 1.88 bits per heavy atom. The number of terminal acetylenes is 1. The predicted octanol–water partition coefficient (Wildman–Crippen LogP) is 0.797. The van der Waals surface area contributed by atoms with E-state index in [4.69, 9.17) is 11.2 Å². The third kappa shape index (κ3) is 1.96. The first-order valence-corrected chi connectivity index (χ1v) is 5.36. The van der Waals surface area contributed by atoms with Gasteiger partial charge in [-0.25, -0.2) is 0 Å². The topological polar surface area (TPSA) is 32.7 Å². The molecule has 1 aromatic carbocycles. The summed E-state index contributed by atoms with van der Waals surface area (Å²) >= 11 is 0. The first-order chi connectivity index (χ1) is 7.77. The highest BCUT2D eigenvalue weighted by Crippen LogP contribution is 2.25. The molecule has 84 valence electrons. The van der Waals surface area contributed by atoms with Crippen molar-refractivity contribution >= 4 is 0 Å². The van der Waals surface area contributed by atoms with E-state index < -0.39 is 5.72 Å². The zero-order chi connectivity index (χ0) is 11.4. The van der Waals surface area contributed by atoms with Crippen molar-refractivity contribution in [2.24, 2.45) is 0 Å². The van der Waals surface area contributed by atoms with Gasteiger partial charge < -0.3 is 9.84 Å². The van der Waals surface area contributed by atoms with Crippen LogP contribution >= 0.6 is 0 Å². The maximum absolute atomic E-state index is 10.6. The summed E-state index contributed by atoms with van der Waals surface area (Å²) in [4.78, 5) is 1.87. The van der Waals surface area contributed by atoms with Gasteiger partial charge in [-0.15, -0.1) is 6.42 Å². The molecule has 1 aliphatic heterocycles. The fourth-order valence-corrected chi connectivity index (χ4v) is 1.91. The largest absolute Gasteiger partial charge is 0.379 e. The Balaban J connectivity index is 2.29. The Hall–Kier alpha value is -1.34. The maximum Gasteiger partial charge on any atom is 0.209 e. The molecule has 0 amide bonds. The van der Waals surface area contributed by atoms with Crippen molar-refractivity contribution in [3.63, 3.8) is 0 Å². The van der Waals surface area contributed by atoms with Crippen LogP contribution in [0, 0.1) is 12.3 Å². The number of rotatable bonds is 2. The molecule has 0 bridgehead atoms. The third-order valence-corrected chi connectivity index (χ3v) is 2.85. The van der Waals surface area contributed by atoms with E-state index in [1.165, 1.54) is 0 Å². The normalized spacial score (nSPS) is 21.0. The molecule has 1 fully saturated rings. The molecule has 1 atom stereocenters. The molecule has 1 heterocycles. The smallest absolute Gasteiger partial charge is 0.209 e. The van der Waals surface area contributed by atoms with Gasteiger partial charge in [0.05, 0.1) is 13.2 Å². The molecular weight excluding hydrogens is 202 g/mol. The van der Waals surface area contributed by atoms with Crippen LogP contribution in [0.2, 0.25) is 0 Å². The van der Waals surface area contributed by atoms with Crippen LogP contribution in [0.5, 0.6) is 0 Å². The van der Waals surface area contributed by atoms with Crippen molar-refractivity contribution in [3.05, 3.63) is 35.9 Å². The lowest BCUT2D eigenvalue weighted by molar-refractivity contribution is -0.108. The number of hydrogen-bond donors (Lipinski definition) is 1. The van der Waals surface area contributed by atoms with E-state index in [0.717, 1.165) is 5.56 Å². The number of ether oxygens (including phenoxy) is 1. The summed E-state index contributed by atoms with van der Waals surface area (Å²) in [6.07, 6.45) is 5.49. The van der Waals surface area contributed by atoms with Crippen molar-refractivity contribution in [1.29, 1.82) is 0 Å². The number of benzene rings is 1. The average Bonchev–Trinajstić information content (AvgIpc) is 2.40. The van der Waals surface area contributed by atoms with Gasteiger partial charge in [-0.1, -0.05) is 36.3 Å². The lowest BCUT2D eigenvalue weighted by Gasteiger charge is -2.38. The highest BCUT2D eigenvalue weighted by molar-refractivity contribution is 5.29. The first-order valence-electron chi connectivity index (χ1n) is 5.36. The molecule has 2 rings (SSSR count). The van der Waals surface area contributed by atoms with Crippen molar-refractivity contribution in [3.8, 4) is 12.3 Å². The van der Waals surface area contributed by atoms with E-state index >= 15 is 0 Å². The van der Waals surface area contributed by atoms with Gasteiger partial charge in [-0.2, -0.15) is 0 Å². The Labute approximate surface area is 95.6 Å². The Kier molecular flexibility index (Phi) is 3.25. The van der Waals surface area contributed by atoms with Crippen molar-refractivity contribution in [1.82, 2.24) is 4.90 Å². The van der Waals surface area contributed by atoms with Crippen LogP contribution in [0.15, 0.2) is 30.3 Å². The van der Waals surface area contributed by atoms with Gasteiger partial charge in [0.25, 0.3) is 0 Å². The zero-order valence-corrected chi connectivity index (χ0v) is 9.10. The SMILES string of the molecule is C#CC(O)(c1ccccc1)N1CCOCC1. The standard InChI is InChI=1S/C13H15NO2/c1-2-13(15,12-6-4-3-5-7-12)14-8-10-16-11-9-14/h1,3-7,15H,8-11H2. The molecule has 3 heteroatoms. The van der Waals surface area contributed by atoms with Gasteiger partial charge in [0.2, 0.25) is 5.72 Å². The minimum Gasteiger partial charge on any atom is -0.379 e. The minimum atomic E-state index is -1.31. The van der Waals surface area contributed by atoms with Crippen molar-refractivity contribution < 1.29 is 9.84 Å². The molecule has 16 heavy (non-hydrogen) atoms. The van der Waals surface area contributed by atoms with Gasteiger partial charge in [-0.3, -0.25) is 4.90 Å². The summed E-state index contributed by atoms with van der Waals surface area (Å²) in [7, 11) is 0. The van der Waals surface area contributed by atoms with E-state index in [-0.39, 0.29) is 0 Å². The van der Waals surface area contributed by atoms with Gasteiger partial charge >= 0.3 is 0 Å². The fourth-order valence-electron chi connectivity index (χ4n) is 1.91. The van der Waals surface area contributed by atoms with Crippen LogP contribution in [0.1, 0.15) is 5.56 Å². The van der Waals surface area contributed by atoms with Gasteiger partial charge in [0.15, 0.2) is 0 Å². The lowest BCUT2D eigenvalue weighted by atomic mass is 10.0. The molecule has 1 unspecified atom stereocenters. The molecule has 1 saturated heterocycles. The Morgan fingerprint density at radius 3 is 2.44 bits per heavy atom. The summed E-state index contributed by atoms with van der Waals surface area (Å²) in [5, 5.41) is 10.6. The molecule has 0 aromatic heterocycles. The van der Waals surface area contributed by atoms with Crippen LogP contribution < -0.4 is 0 Å². The van der Waals surface area contributed by atoms with Crippen LogP contribution in [0.4, 0.5) is 0 Å². The molecular formula is C13H15NO2. The summed E-state index contributed by atoms with van der Waals surface area (Å²) < 4.78 is 5.25.